The molecule has 3 heterocycles. The summed E-state index contributed by atoms with van der Waals surface area (Å²) in [4.78, 5) is 9.36. The number of nitrogens with one attached hydrogen (secondary N) is 3. The molecule has 2 aromatic heterocycles. The molecule has 0 bridgehead atoms. The second-order valence-electron chi connectivity index (χ2n) is 8.12. The molecular weight excluding hydrogens is 434 g/mol. The van der Waals surface area contributed by atoms with Crippen molar-refractivity contribution < 1.29 is 0 Å². The average molecular weight is 460 g/mol. The standard InChI is InChI=1S/C25H26ClN7/c1-2-10-33-16-19(14-29-33)23-15-28-25(31-21-5-3-4-20(26)12-21)32-24(23)30-22-7-6-17-8-9-27-13-18(17)11-22/h3-7,11-12,14-16,27H,2,8-10,13H2,1H3,(H2,28,30,31,32). The van der Waals surface area contributed by atoms with Crippen molar-refractivity contribution >= 4 is 34.7 Å². The van der Waals surface area contributed by atoms with Crippen molar-refractivity contribution in [1.82, 2.24) is 25.1 Å². The SMILES string of the molecule is CCCn1cc(-c2cnc(Nc3cccc(Cl)c3)nc2Nc2ccc3c(c2)CNCC3)cn1. The fourth-order valence-corrected chi connectivity index (χ4v) is 4.18. The van der Waals surface area contributed by atoms with E-state index in [-0.39, 0.29) is 0 Å². The molecule has 0 spiro atoms. The minimum absolute atomic E-state index is 0.490. The predicted molar refractivity (Wildman–Crippen MR) is 133 cm³/mol. The molecule has 8 heteroatoms. The van der Waals surface area contributed by atoms with Crippen molar-refractivity contribution in [3.8, 4) is 11.1 Å². The topological polar surface area (TPSA) is 79.7 Å². The number of benzene rings is 2. The molecule has 1 aliphatic heterocycles. The molecule has 33 heavy (non-hydrogen) atoms. The maximum atomic E-state index is 6.13. The molecule has 5 rings (SSSR count). The number of rotatable bonds is 7. The zero-order valence-corrected chi connectivity index (χ0v) is 19.2. The van der Waals surface area contributed by atoms with Gasteiger partial charge < -0.3 is 16.0 Å². The molecule has 0 atom stereocenters. The Morgan fingerprint density at radius 2 is 1.97 bits per heavy atom. The van der Waals surface area contributed by atoms with Gasteiger partial charge in [0.2, 0.25) is 5.95 Å². The highest BCUT2D eigenvalue weighted by Crippen LogP contribution is 2.31. The summed E-state index contributed by atoms with van der Waals surface area (Å²) in [5.74, 6) is 1.21. The predicted octanol–water partition coefficient (Wildman–Crippen LogP) is 5.54. The zero-order chi connectivity index (χ0) is 22.6. The van der Waals surface area contributed by atoms with Crippen molar-refractivity contribution in [2.45, 2.75) is 32.9 Å². The van der Waals surface area contributed by atoms with Gasteiger partial charge in [-0.25, -0.2) is 4.98 Å². The minimum Gasteiger partial charge on any atom is -0.340 e. The van der Waals surface area contributed by atoms with Crippen molar-refractivity contribution in [2.75, 3.05) is 17.2 Å². The van der Waals surface area contributed by atoms with Gasteiger partial charge in [0.1, 0.15) is 5.82 Å². The van der Waals surface area contributed by atoms with Gasteiger partial charge in [0, 0.05) is 53.0 Å². The lowest BCUT2D eigenvalue weighted by Crippen LogP contribution is -2.23. The van der Waals surface area contributed by atoms with Crippen LogP contribution in [-0.4, -0.2) is 26.3 Å². The van der Waals surface area contributed by atoms with E-state index in [0.29, 0.717) is 16.8 Å². The van der Waals surface area contributed by atoms with Gasteiger partial charge in [-0.05, 0) is 60.8 Å². The first-order valence-corrected chi connectivity index (χ1v) is 11.6. The highest BCUT2D eigenvalue weighted by molar-refractivity contribution is 6.30. The summed E-state index contributed by atoms with van der Waals surface area (Å²) in [5.41, 5.74) is 6.40. The number of anilines is 4. The van der Waals surface area contributed by atoms with E-state index >= 15 is 0 Å². The molecule has 0 saturated carbocycles. The second-order valence-corrected chi connectivity index (χ2v) is 8.56. The average Bonchev–Trinajstić information content (AvgIpc) is 3.28. The molecule has 0 saturated heterocycles. The first-order chi connectivity index (χ1) is 16.2. The quantitative estimate of drug-likeness (QED) is 0.337. The summed E-state index contributed by atoms with van der Waals surface area (Å²) < 4.78 is 1.95. The van der Waals surface area contributed by atoms with Crippen LogP contribution in [0.2, 0.25) is 5.02 Å². The van der Waals surface area contributed by atoms with Gasteiger partial charge in [-0.1, -0.05) is 30.7 Å². The highest BCUT2D eigenvalue weighted by Gasteiger charge is 2.14. The van der Waals surface area contributed by atoms with Crippen molar-refractivity contribution in [3.63, 3.8) is 0 Å². The van der Waals surface area contributed by atoms with Crippen LogP contribution < -0.4 is 16.0 Å². The molecule has 0 unspecified atom stereocenters. The van der Waals surface area contributed by atoms with Crippen molar-refractivity contribution in [3.05, 3.63) is 77.2 Å². The fourth-order valence-electron chi connectivity index (χ4n) is 3.99. The Labute approximate surface area is 198 Å². The van der Waals surface area contributed by atoms with Gasteiger partial charge in [0.05, 0.1) is 6.20 Å². The lowest BCUT2D eigenvalue weighted by molar-refractivity contribution is 0.603. The highest BCUT2D eigenvalue weighted by atomic mass is 35.5. The third-order valence-corrected chi connectivity index (χ3v) is 5.86. The van der Waals surface area contributed by atoms with Gasteiger partial charge in [-0.15, -0.1) is 0 Å². The van der Waals surface area contributed by atoms with E-state index in [1.165, 1.54) is 11.1 Å². The van der Waals surface area contributed by atoms with E-state index in [0.717, 1.165) is 55.0 Å². The molecule has 0 aliphatic carbocycles. The van der Waals surface area contributed by atoms with E-state index in [9.17, 15) is 0 Å². The van der Waals surface area contributed by atoms with Gasteiger partial charge >= 0.3 is 0 Å². The maximum absolute atomic E-state index is 6.13. The Balaban J connectivity index is 1.50. The van der Waals surface area contributed by atoms with E-state index in [1.807, 2.05) is 47.5 Å². The van der Waals surface area contributed by atoms with Crippen LogP contribution in [0.3, 0.4) is 0 Å². The van der Waals surface area contributed by atoms with Crippen LogP contribution >= 0.6 is 11.6 Å². The smallest absolute Gasteiger partial charge is 0.229 e. The number of nitrogens with zero attached hydrogens (tertiary/aromatic N) is 4. The lowest BCUT2D eigenvalue weighted by Gasteiger charge is -2.19. The van der Waals surface area contributed by atoms with E-state index in [2.05, 4.69) is 51.2 Å². The number of hydrogen-bond donors (Lipinski definition) is 3. The van der Waals surface area contributed by atoms with Crippen LogP contribution in [0.5, 0.6) is 0 Å². The van der Waals surface area contributed by atoms with E-state index in [1.54, 1.807) is 0 Å². The summed E-state index contributed by atoms with van der Waals surface area (Å²) in [6.45, 7) is 4.91. The van der Waals surface area contributed by atoms with Crippen LogP contribution in [0.25, 0.3) is 11.1 Å². The second kappa shape index (κ2) is 9.60. The molecule has 7 nitrogen and oxygen atoms in total. The molecule has 0 amide bonds. The van der Waals surface area contributed by atoms with Crippen molar-refractivity contribution in [2.24, 2.45) is 0 Å². The molecule has 0 fully saturated rings. The number of aryl methyl sites for hydroxylation is 1. The van der Waals surface area contributed by atoms with Crippen LogP contribution in [0, 0.1) is 0 Å². The van der Waals surface area contributed by atoms with Gasteiger partial charge in [0.25, 0.3) is 0 Å². The van der Waals surface area contributed by atoms with Gasteiger partial charge in [0.15, 0.2) is 0 Å². The van der Waals surface area contributed by atoms with Crippen LogP contribution in [-0.2, 0) is 19.5 Å². The first kappa shape index (κ1) is 21.4. The first-order valence-electron chi connectivity index (χ1n) is 11.2. The number of halogens is 1. The normalized spacial score (nSPS) is 12.9. The molecule has 1 aliphatic rings. The number of fused-ring (bicyclic) bond motifs is 1. The lowest BCUT2D eigenvalue weighted by atomic mass is 10.0. The molecule has 4 aromatic rings. The monoisotopic (exact) mass is 459 g/mol. The molecule has 2 aromatic carbocycles. The van der Waals surface area contributed by atoms with E-state index < -0.39 is 0 Å². The summed E-state index contributed by atoms with van der Waals surface area (Å²) in [6.07, 6.45) is 7.80. The number of hydrogen-bond acceptors (Lipinski definition) is 6. The summed E-state index contributed by atoms with van der Waals surface area (Å²) in [5, 5.41) is 15.3. The zero-order valence-electron chi connectivity index (χ0n) is 18.5. The molecule has 168 valence electrons. The number of aromatic nitrogens is 4. The minimum atomic E-state index is 0.490. The van der Waals surface area contributed by atoms with Gasteiger partial charge in [-0.3, -0.25) is 4.68 Å². The summed E-state index contributed by atoms with van der Waals surface area (Å²) in [7, 11) is 0. The third-order valence-electron chi connectivity index (χ3n) is 5.62. The summed E-state index contributed by atoms with van der Waals surface area (Å²) in [6, 6.07) is 14.0. The van der Waals surface area contributed by atoms with Crippen LogP contribution in [0.4, 0.5) is 23.1 Å². The van der Waals surface area contributed by atoms with Gasteiger partial charge in [-0.2, -0.15) is 10.1 Å². The third kappa shape index (κ3) is 4.99. The Morgan fingerprint density at radius 1 is 1.06 bits per heavy atom. The maximum Gasteiger partial charge on any atom is 0.229 e. The fraction of sp³-hybridized carbons (Fsp3) is 0.240. The van der Waals surface area contributed by atoms with E-state index in [4.69, 9.17) is 16.6 Å². The van der Waals surface area contributed by atoms with Crippen LogP contribution in [0.1, 0.15) is 24.5 Å². The Morgan fingerprint density at radius 3 is 2.85 bits per heavy atom. The largest absolute Gasteiger partial charge is 0.340 e. The molecule has 3 N–H and O–H groups in total. The van der Waals surface area contributed by atoms with Crippen LogP contribution in [0.15, 0.2) is 61.1 Å². The van der Waals surface area contributed by atoms with Crippen molar-refractivity contribution in [1.29, 1.82) is 0 Å². The Bertz CT molecular complexity index is 1270. The molecular formula is C25H26ClN7. The Hall–Kier alpha value is -3.42. The molecule has 0 radical (unpaired) electrons. The summed E-state index contributed by atoms with van der Waals surface area (Å²) >= 11 is 6.13. The Kier molecular flexibility index (Phi) is 6.24.